The predicted molar refractivity (Wildman–Crippen MR) is 62.6 cm³/mol. The molecule has 0 unspecified atom stereocenters. The van der Waals surface area contributed by atoms with Gasteiger partial charge in [-0.05, 0) is 0 Å². The lowest BCUT2D eigenvalue weighted by Gasteiger charge is -2.26. The van der Waals surface area contributed by atoms with Gasteiger partial charge in [-0.1, -0.05) is 30.3 Å². The molecule has 0 atom stereocenters. The fraction of sp³-hybridized carbons (Fsp3) is 0.273. The molecule has 1 saturated heterocycles. The van der Waals surface area contributed by atoms with E-state index in [-0.39, 0.29) is 12.0 Å². The molecule has 84 valence electrons. The van der Waals surface area contributed by atoms with E-state index in [1.165, 1.54) is 0 Å². The average Bonchev–Trinajstić information content (AvgIpc) is 2.25. The van der Waals surface area contributed by atoms with Gasteiger partial charge in [0.1, 0.15) is 5.84 Å². The quantitative estimate of drug-likeness (QED) is 0.493. The maximum atomic E-state index is 7.60. The molecule has 1 aliphatic heterocycles. The van der Waals surface area contributed by atoms with Crippen LogP contribution >= 0.6 is 0 Å². The summed E-state index contributed by atoms with van der Waals surface area (Å²) in [6, 6.07) is 9.59. The number of nitrogens with two attached hydrogens (primary N) is 1. The Kier molecular flexibility index (Phi) is 3.16. The number of rotatable bonds is 2. The van der Waals surface area contributed by atoms with Crippen molar-refractivity contribution in [2.75, 3.05) is 13.2 Å². The minimum atomic E-state index is 0.0784. The fourth-order valence-electron chi connectivity index (χ4n) is 1.34. The van der Waals surface area contributed by atoms with Crippen LogP contribution in [0, 0.1) is 5.41 Å². The van der Waals surface area contributed by atoms with E-state index in [9.17, 15) is 0 Å². The highest BCUT2D eigenvalue weighted by Gasteiger charge is 2.18. The molecule has 1 heterocycles. The molecule has 2 rings (SSSR count). The number of hydrogen-bond donors (Lipinski definition) is 3. The van der Waals surface area contributed by atoms with Crippen LogP contribution in [-0.2, 0) is 4.74 Å². The molecule has 0 saturated carbocycles. The van der Waals surface area contributed by atoms with Crippen LogP contribution in [0.4, 0.5) is 0 Å². The molecular formula is C11H14N4O. The number of aliphatic imine (C=N–C) groups is 1. The Balaban J connectivity index is 1.97. The normalized spacial score (nSPS) is 16.6. The van der Waals surface area contributed by atoms with Crippen LogP contribution in [0.15, 0.2) is 35.3 Å². The first-order valence-electron chi connectivity index (χ1n) is 5.08. The van der Waals surface area contributed by atoms with Gasteiger partial charge in [0.15, 0.2) is 0 Å². The van der Waals surface area contributed by atoms with Crippen molar-refractivity contribution in [2.45, 2.75) is 6.04 Å². The monoisotopic (exact) mass is 218 g/mol. The zero-order valence-electron chi connectivity index (χ0n) is 8.81. The van der Waals surface area contributed by atoms with E-state index in [2.05, 4.69) is 10.3 Å². The standard InChI is InChI=1S/C11H14N4O/c12-10(8-4-2-1-3-5-8)15-11(13)14-9-6-16-7-9/h1-5,9H,6-7H2,(H4,12,13,14,15). The molecule has 1 aromatic carbocycles. The molecule has 5 heteroatoms. The van der Waals surface area contributed by atoms with Crippen molar-refractivity contribution in [3.05, 3.63) is 35.9 Å². The average molecular weight is 218 g/mol. The molecule has 1 fully saturated rings. The van der Waals surface area contributed by atoms with Crippen LogP contribution in [0.3, 0.4) is 0 Å². The zero-order valence-corrected chi connectivity index (χ0v) is 8.81. The second kappa shape index (κ2) is 4.76. The van der Waals surface area contributed by atoms with Crippen LogP contribution in [0.25, 0.3) is 0 Å². The van der Waals surface area contributed by atoms with E-state index in [0.29, 0.717) is 19.0 Å². The van der Waals surface area contributed by atoms with Crippen LogP contribution in [0.5, 0.6) is 0 Å². The zero-order chi connectivity index (χ0) is 11.4. The Labute approximate surface area is 93.8 Å². The Bertz CT molecular complexity index is 398. The van der Waals surface area contributed by atoms with Crippen molar-refractivity contribution in [1.29, 1.82) is 5.41 Å². The third-order valence-corrected chi connectivity index (χ3v) is 2.28. The van der Waals surface area contributed by atoms with Crippen LogP contribution < -0.4 is 11.1 Å². The Morgan fingerprint density at radius 3 is 2.62 bits per heavy atom. The molecule has 5 nitrogen and oxygen atoms in total. The van der Waals surface area contributed by atoms with Crippen molar-refractivity contribution < 1.29 is 4.74 Å². The van der Waals surface area contributed by atoms with Crippen molar-refractivity contribution in [2.24, 2.45) is 10.7 Å². The number of guanidine groups is 1. The van der Waals surface area contributed by atoms with Gasteiger partial charge in [-0.2, -0.15) is 4.99 Å². The summed E-state index contributed by atoms with van der Waals surface area (Å²) in [6.45, 7) is 1.26. The van der Waals surface area contributed by atoms with Gasteiger partial charge < -0.3 is 15.8 Å². The second-order valence-corrected chi connectivity index (χ2v) is 3.59. The molecule has 0 spiro atoms. The molecule has 16 heavy (non-hydrogen) atoms. The van der Waals surface area contributed by atoms with E-state index in [0.717, 1.165) is 5.56 Å². The molecule has 0 aliphatic carbocycles. The van der Waals surface area contributed by atoms with Gasteiger partial charge in [-0.25, -0.2) is 0 Å². The summed E-state index contributed by atoms with van der Waals surface area (Å²) < 4.78 is 4.99. The van der Waals surface area contributed by atoms with E-state index in [1.54, 1.807) is 0 Å². The first-order chi connectivity index (χ1) is 7.75. The van der Waals surface area contributed by atoms with Crippen molar-refractivity contribution in [3.63, 3.8) is 0 Å². The number of amidine groups is 1. The highest BCUT2D eigenvalue weighted by molar-refractivity contribution is 6.04. The van der Waals surface area contributed by atoms with Gasteiger partial charge in [0, 0.05) is 5.56 Å². The lowest BCUT2D eigenvalue weighted by atomic mass is 10.2. The molecular weight excluding hydrogens is 204 g/mol. The largest absolute Gasteiger partial charge is 0.383 e. The molecule has 0 bridgehead atoms. The number of hydrogen-bond acceptors (Lipinski definition) is 2. The molecule has 1 aliphatic rings. The third kappa shape index (κ3) is 2.58. The first-order valence-corrected chi connectivity index (χ1v) is 5.08. The summed E-state index contributed by atoms with van der Waals surface area (Å²) in [5.74, 6) is 0.424. The van der Waals surface area contributed by atoms with E-state index in [4.69, 9.17) is 15.9 Å². The van der Waals surface area contributed by atoms with Gasteiger partial charge in [0.25, 0.3) is 0 Å². The van der Waals surface area contributed by atoms with E-state index in [1.807, 2.05) is 30.3 Å². The lowest BCUT2D eigenvalue weighted by Crippen LogP contribution is -2.48. The van der Waals surface area contributed by atoms with Gasteiger partial charge in [0.2, 0.25) is 5.96 Å². The number of nitrogens with zero attached hydrogens (tertiary/aromatic N) is 1. The smallest absolute Gasteiger partial charge is 0.217 e. The molecule has 0 amide bonds. The van der Waals surface area contributed by atoms with Crippen molar-refractivity contribution >= 4 is 11.8 Å². The lowest BCUT2D eigenvalue weighted by molar-refractivity contribution is 0.00302. The number of nitrogens with one attached hydrogen (secondary N) is 2. The maximum Gasteiger partial charge on any atom is 0.217 e. The summed E-state index contributed by atoms with van der Waals surface area (Å²) in [7, 11) is 0. The summed E-state index contributed by atoms with van der Waals surface area (Å²) in [5.41, 5.74) is 6.59. The van der Waals surface area contributed by atoms with Gasteiger partial charge >= 0.3 is 0 Å². The molecule has 0 aromatic heterocycles. The minimum Gasteiger partial charge on any atom is -0.383 e. The molecule has 4 N–H and O–H groups in total. The third-order valence-electron chi connectivity index (χ3n) is 2.28. The molecule has 1 aromatic rings. The summed E-state index contributed by atoms with van der Waals surface area (Å²) in [4.78, 5) is 3.98. The molecule has 0 radical (unpaired) electrons. The minimum absolute atomic E-state index is 0.0784. The maximum absolute atomic E-state index is 7.60. The van der Waals surface area contributed by atoms with Crippen LogP contribution in [0.1, 0.15) is 5.56 Å². The van der Waals surface area contributed by atoms with Gasteiger partial charge in [0.05, 0.1) is 19.3 Å². The van der Waals surface area contributed by atoms with Gasteiger partial charge in [-0.3, -0.25) is 5.41 Å². The number of benzene rings is 1. The fourth-order valence-corrected chi connectivity index (χ4v) is 1.34. The summed E-state index contributed by atoms with van der Waals surface area (Å²) in [6.07, 6.45) is 0. The Hall–Kier alpha value is -1.88. The highest BCUT2D eigenvalue weighted by Crippen LogP contribution is 2.00. The highest BCUT2D eigenvalue weighted by atomic mass is 16.5. The Morgan fingerprint density at radius 2 is 2.06 bits per heavy atom. The van der Waals surface area contributed by atoms with Crippen LogP contribution in [0.2, 0.25) is 0 Å². The summed E-state index contributed by atoms with van der Waals surface area (Å²) in [5, 5.41) is 10.5. The second-order valence-electron chi connectivity index (χ2n) is 3.59. The van der Waals surface area contributed by atoms with Gasteiger partial charge in [-0.15, -0.1) is 0 Å². The van der Waals surface area contributed by atoms with Crippen LogP contribution in [-0.4, -0.2) is 31.1 Å². The topological polar surface area (TPSA) is 83.5 Å². The van der Waals surface area contributed by atoms with Crippen molar-refractivity contribution in [3.8, 4) is 0 Å². The summed E-state index contributed by atoms with van der Waals surface area (Å²) >= 11 is 0. The predicted octanol–water partition coefficient (Wildman–Crippen LogP) is 0.315. The number of ether oxygens (including phenoxy) is 1. The SMILES string of the molecule is N=C(/N=C(\N)c1ccccc1)NC1COC1. The van der Waals surface area contributed by atoms with E-state index < -0.39 is 0 Å². The Morgan fingerprint density at radius 1 is 1.38 bits per heavy atom. The van der Waals surface area contributed by atoms with Crippen molar-refractivity contribution in [1.82, 2.24) is 5.32 Å². The first kappa shape index (κ1) is 10.6. The van der Waals surface area contributed by atoms with E-state index >= 15 is 0 Å².